The number of phosphoric acid groups is 2. The van der Waals surface area contributed by atoms with Crippen LogP contribution in [0.25, 0.3) is 0 Å². The number of ether oxygens (including phenoxy) is 4. The Morgan fingerprint density at radius 2 is 0.455 bits per heavy atom. The first-order chi connectivity index (χ1) is 48.7. The minimum Gasteiger partial charge on any atom is -0.462 e. The number of aliphatic hydroxyl groups excluding tert-OH is 1. The molecule has 0 saturated carbocycles. The Morgan fingerprint density at radius 3 is 0.673 bits per heavy atom. The first kappa shape index (κ1) is 99.1. The second kappa shape index (κ2) is 72.3. The summed E-state index contributed by atoms with van der Waals surface area (Å²) in [7, 11) is -9.92. The van der Waals surface area contributed by atoms with Gasteiger partial charge in [0.2, 0.25) is 0 Å². The van der Waals surface area contributed by atoms with Crippen LogP contribution in [-0.2, 0) is 65.4 Å². The van der Waals surface area contributed by atoms with Gasteiger partial charge in [-0.05, 0) is 43.4 Å². The summed E-state index contributed by atoms with van der Waals surface area (Å²) in [5.74, 6) is 0.248. The standard InChI is InChI=1S/C82H160O17P2/c1-8-9-10-11-12-13-14-28-35-42-49-56-63-79(84)92-69-78(99-82(87)66-59-52-45-38-31-24-27-34-41-48-55-62-75(6)7)72-97-101(90,91)95-68-76(83)67-94-100(88,89)96-71-77(70-93-80(85)64-57-50-43-36-30-23-26-33-40-47-54-61-74(4)5)98-81(86)65-58-51-44-37-29-22-20-18-16-15-17-19-21-25-32-39-46-53-60-73(2)3/h73-78,83H,8-72H2,1-7H3,(H,88,89)(H,90,91)/t76-,77-,78-/m1/s1. The Labute approximate surface area is 619 Å². The van der Waals surface area contributed by atoms with E-state index >= 15 is 0 Å². The highest BCUT2D eigenvalue weighted by molar-refractivity contribution is 7.47. The summed E-state index contributed by atoms with van der Waals surface area (Å²) >= 11 is 0. The molecule has 2 unspecified atom stereocenters. The summed E-state index contributed by atoms with van der Waals surface area (Å²) in [5.41, 5.74) is 0. The molecule has 101 heavy (non-hydrogen) atoms. The average Bonchev–Trinajstić information content (AvgIpc) is 1.28. The van der Waals surface area contributed by atoms with Crippen LogP contribution in [0.2, 0.25) is 0 Å². The molecular formula is C82H160O17P2. The van der Waals surface area contributed by atoms with E-state index in [1.165, 1.54) is 238 Å². The maximum Gasteiger partial charge on any atom is 0.472 e. The van der Waals surface area contributed by atoms with Gasteiger partial charge in [0.15, 0.2) is 12.2 Å². The molecule has 0 aliphatic rings. The van der Waals surface area contributed by atoms with Crippen molar-refractivity contribution in [2.75, 3.05) is 39.6 Å². The lowest BCUT2D eigenvalue weighted by molar-refractivity contribution is -0.161. The van der Waals surface area contributed by atoms with Crippen molar-refractivity contribution in [3.05, 3.63) is 0 Å². The third kappa shape index (κ3) is 76.1. The molecule has 0 aromatic heterocycles. The summed E-state index contributed by atoms with van der Waals surface area (Å²) in [6.07, 6.45) is 61.0. The van der Waals surface area contributed by atoms with E-state index < -0.39 is 97.5 Å². The van der Waals surface area contributed by atoms with Gasteiger partial charge in [-0.15, -0.1) is 0 Å². The van der Waals surface area contributed by atoms with Crippen LogP contribution in [-0.4, -0.2) is 96.7 Å². The molecule has 0 aliphatic heterocycles. The van der Waals surface area contributed by atoms with Gasteiger partial charge in [0.05, 0.1) is 26.4 Å². The fourth-order valence-corrected chi connectivity index (χ4v) is 14.2. The van der Waals surface area contributed by atoms with E-state index in [2.05, 4.69) is 48.5 Å². The molecule has 0 aromatic rings. The Hall–Kier alpha value is -1.94. The number of hydrogen-bond donors (Lipinski definition) is 3. The van der Waals surface area contributed by atoms with Crippen molar-refractivity contribution in [2.45, 2.75) is 446 Å². The van der Waals surface area contributed by atoms with E-state index in [-0.39, 0.29) is 25.7 Å². The Bertz CT molecular complexity index is 1960. The number of esters is 4. The largest absolute Gasteiger partial charge is 0.472 e. The summed E-state index contributed by atoms with van der Waals surface area (Å²) < 4.78 is 68.8. The summed E-state index contributed by atoms with van der Waals surface area (Å²) in [6, 6.07) is 0. The van der Waals surface area contributed by atoms with Gasteiger partial charge in [0.25, 0.3) is 0 Å². The van der Waals surface area contributed by atoms with Gasteiger partial charge in [0, 0.05) is 25.7 Å². The van der Waals surface area contributed by atoms with Crippen LogP contribution < -0.4 is 0 Å². The molecule has 600 valence electrons. The fourth-order valence-electron chi connectivity index (χ4n) is 12.7. The van der Waals surface area contributed by atoms with Gasteiger partial charge < -0.3 is 33.8 Å². The molecule has 0 bridgehead atoms. The van der Waals surface area contributed by atoms with E-state index in [0.717, 1.165) is 108 Å². The molecule has 0 aromatic carbocycles. The lowest BCUT2D eigenvalue weighted by Gasteiger charge is -2.21. The van der Waals surface area contributed by atoms with Crippen molar-refractivity contribution < 1.29 is 80.2 Å². The Kier molecular flexibility index (Phi) is 70.9. The molecule has 19 heteroatoms. The SMILES string of the molecule is CCCCCCCCCCCCCCC(=O)OC[C@H](COP(=O)(O)OC[C@H](O)COP(=O)(O)OC[C@@H](COC(=O)CCCCCCCCCCCCCC(C)C)OC(=O)CCCCCCCCCCCCCCCCCCCCC(C)C)OC(=O)CCCCCCCCCCCCCC(C)C. The monoisotopic (exact) mass is 1480 g/mol. The molecule has 0 fully saturated rings. The highest BCUT2D eigenvalue weighted by Crippen LogP contribution is 2.45. The van der Waals surface area contributed by atoms with Crippen molar-refractivity contribution in [3.8, 4) is 0 Å². The van der Waals surface area contributed by atoms with E-state index in [4.69, 9.17) is 37.0 Å². The van der Waals surface area contributed by atoms with Crippen LogP contribution in [0.5, 0.6) is 0 Å². The minimum absolute atomic E-state index is 0.107. The van der Waals surface area contributed by atoms with Gasteiger partial charge in [-0.1, -0.05) is 376 Å². The maximum atomic E-state index is 13.1. The molecule has 0 spiro atoms. The van der Waals surface area contributed by atoms with Crippen LogP contribution in [0, 0.1) is 17.8 Å². The second-order valence-electron chi connectivity index (χ2n) is 30.9. The topological polar surface area (TPSA) is 237 Å². The first-order valence-electron chi connectivity index (χ1n) is 42.3. The zero-order valence-electron chi connectivity index (χ0n) is 66.4. The quantitative estimate of drug-likeness (QED) is 0.0222. The smallest absolute Gasteiger partial charge is 0.462 e. The van der Waals surface area contributed by atoms with Gasteiger partial charge in [-0.25, -0.2) is 9.13 Å². The lowest BCUT2D eigenvalue weighted by atomic mass is 10.0. The molecule has 0 rings (SSSR count). The van der Waals surface area contributed by atoms with E-state index in [1.807, 2.05) is 0 Å². The van der Waals surface area contributed by atoms with E-state index in [1.54, 1.807) is 0 Å². The highest BCUT2D eigenvalue weighted by Gasteiger charge is 2.30. The third-order valence-electron chi connectivity index (χ3n) is 19.1. The molecule has 0 amide bonds. The van der Waals surface area contributed by atoms with Crippen LogP contribution >= 0.6 is 15.6 Å². The molecule has 3 N–H and O–H groups in total. The average molecular weight is 1480 g/mol. The normalized spacial score (nSPS) is 14.0. The highest BCUT2D eigenvalue weighted by atomic mass is 31.2. The Balaban J connectivity index is 5.24. The number of carbonyl (C=O) groups excluding carboxylic acids is 4. The van der Waals surface area contributed by atoms with Gasteiger partial charge in [0.1, 0.15) is 19.3 Å². The number of aliphatic hydroxyl groups is 1. The first-order valence-corrected chi connectivity index (χ1v) is 45.3. The van der Waals surface area contributed by atoms with Crippen molar-refractivity contribution in [2.24, 2.45) is 17.8 Å². The number of hydrogen-bond acceptors (Lipinski definition) is 15. The van der Waals surface area contributed by atoms with Crippen molar-refractivity contribution in [1.29, 1.82) is 0 Å². The van der Waals surface area contributed by atoms with Crippen LogP contribution in [0.1, 0.15) is 427 Å². The van der Waals surface area contributed by atoms with Gasteiger partial charge in [-0.3, -0.25) is 37.3 Å². The van der Waals surface area contributed by atoms with Crippen LogP contribution in [0.3, 0.4) is 0 Å². The molecular weight excluding hydrogens is 1320 g/mol. The van der Waals surface area contributed by atoms with Crippen molar-refractivity contribution in [3.63, 3.8) is 0 Å². The minimum atomic E-state index is -4.96. The number of carbonyl (C=O) groups is 4. The van der Waals surface area contributed by atoms with E-state index in [0.29, 0.717) is 25.7 Å². The summed E-state index contributed by atoms with van der Waals surface area (Å²) in [6.45, 7) is 12.0. The van der Waals surface area contributed by atoms with Crippen molar-refractivity contribution in [1.82, 2.24) is 0 Å². The zero-order chi connectivity index (χ0) is 74.4. The van der Waals surface area contributed by atoms with Gasteiger partial charge in [-0.2, -0.15) is 0 Å². The zero-order valence-corrected chi connectivity index (χ0v) is 68.2. The van der Waals surface area contributed by atoms with Crippen LogP contribution in [0.4, 0.5) is 0 Å². The summed E-state index contributed by atoms with van der Waals surface area (Å²) in [5, 5.41) is 10.6. The Morgan fingerprint density at radius 1 is 0.267 bits per heavy atom. The summed E-state index contributed by atoms with van der Waals surface area (Å²) in [4.78, 5) is 73.1. The van der Waals surface area contributed by atoms with E-state index in [9.17, 15) is 43.2 Å². The van der Waals surface area contributed by atoms with Gasteiger partial charge >= 0.3 is 39.5 Å². The molecule has 17 nitrogen and oxygen atoms in total. The molecule has 0 aliphatic carbocycles. The third-order valence-corrected chi connectivity index (χ3v) is 21.0. The molecule has 0 radical (unpaired) electrons. The predicted molar refractivity (Wildman–Crippen MR) is 414 cm³/mol. The predicted octanol–water partition coefficient (Wildman–Crippen LogP) is 24.5. The molecule has 0 saturated heterocycles. The molecule has 0 heterocycles. The number of phosphoric ester groups is 2. The molecule has 5 atom stereocenters. The number of rotatable bonds is 80. The van der Waals surface area contributed by atoms with Crippen molar-refractivity contribution >= 4 is 39.5 Å². The fraction of sp³-hybridized carbons (Fsp3) is 0.951. The van der Waals surface area contributed by atoms with Crippen LogP contribution in [0.15, 0.2) is 0 Å². The second-order valence-corrected chi connectivity index (χ2v) is 33.8. The lowest BCUT2D eigenvalue weighted by Crippen LogP contribution is -2.30. The maximum absolute atomic E-state index is 13.1. The number of unbranched alkanes of at least 4 members (excludes halogenated alkanes) is 48.